The van der Waals surface area contributed by atoms with Crippen molar-refractivity contribution in [3.8, 4) is 22.8 Å². The van der Waals surface area contributed by atoms with Crippen LogP contribution in [0.3, 0.4) is 0 Å². The number of nitrogens with zero attached hydrogens (tertiary/aromatic N) is 3. The summed E-state index contributed by atoms with van der Waals surface area (Å²) in [6, 6.07) is 13.4. The van der Waals surface area contributed by atoms with E-state index >= 15 is 0 Å². The highest BCUT2D eigenvalue weighted by Crippen LogP contribution is 2.29. The second-order valence-electron chi connectivity index (χ2n) is 6.03. The van der Waals surface area contributed by atoms with Gasteiger partial charge < -0.3 is 9.51 Å². The van der Waals surface area contributed by atoms with E-state index in [2.05, 4.69) is 31.1 Å². The van der Waals surface area contributed by atoms with E-state index in [0.717, 1.165) is 26.6 Å². The first kappa shape index (κ1) is 15.8. The zero-order valence-electron chi connectivity index (χ0n) is 13.7. The molecule has 0 fully saturated rings. The first-order chi connectivity index (χ1) is 12.0. The molecule has 2 aromatic carbocycles. The molecule has 25 heavy (non-hydrogen) atoms. The number of nitrogens with one attached hydrogen (secondary N) is 1. The molecule has 0 unspecified atom stereocenters. The lowest BCUT2D eigenvalue weighted by atomic mass is 10.2. The minimum atomic E-state index is -0.121. The van der Waals surface area contributed by atoms with Crippen LogP contribution in [0.25, 0.3) is 33.9 Å². The SMILES string of the molecule is CC(C)n1c(=O)[nH]c2cc(-c3noc(-c4ccccc4Br)n3)ccc21. The number of imidazole rings is 1. The Morgan fingerprint density at radius 3 is 2.76 bits per heavy atom. The van der Waals surface area contributed by atoms with E-state index in [1.807, 2.05) is 56.3 Å². The lowest BCUT2D eigenvalue weighted by Crippen LogP contribution is -2.18. The van der Waals surface area contributed by atoms with Crippen molar-refractivity contribution >= 4 is 27.0 Å². The molecular formula is C18H15BrN4O2. The molecule has 0 bridgehead atoms. The fourth-order valence-corrected chi connectivity index (χ4v) is 3.32. The van der Waals surface area contributed by atoms with E-state index in [0.29, 0.717) is 11.7 Å². The Morgan fingerprint density at radius 1 is 1.20 bits per heavy atom. The number of H-pyrrole nitrogens is 1. The molecule has 126 valence electrons. The van der Waals surface area contributed by atoms with Gasteiger partial charge in [-0.3, -0.25) is 4.57 Å². The van der Waals surface area contributed by atoms with E-state index in [9.17, 15) is 4.79 Å². The van der Waals surface area contributed by atoms with Crippen molar-refractivity contribution in [2.45, 2.75) is 19.9 Å². The summed E-state index contributed by atoms with van der Waals surface area (Å²) in [5.41, 5.74) is 3.11. The maximum atomic E-state index is 12.1. The lowest BCUT2D eigenvalue weighted by Gasteiger charge is -2.06. The third-order valence-electron chi connectivity index (χ3n) is 4.02. The van der Waals surface area contributed by atoms with Crippen LogP contribution in [0.1, 0.15) is 19.9 Å². The molecule has 0 saturated carbocycles. The zero-order chi connectivity index (χ0) is 17.6. The summed E-state index contributed by atoms with van der Waals surface area (Å²) in [5, 5.41) is 4.07. The smallest absolute Gasteiger partial charge is 0.326 e. The van der Waals surface area contributed by atoms with E-state index < -0.39 is 0 Å². The minimum absolute atomic E-state index is 0.0827. The largest absolute Gasteiger partial charge is 0.334 e. The van der Waals surface area contributed by atoms with Gasteiger partial charge in [-0.1, -0.05) is 17.3 Å². The molecule has 7 heteroatoms. The molecule has 1 N–H and O–H groups in total. The third kappa shape index (κ3) is 2.70. The second-order valence-corrected chi connectivity index (χ2v) is 6.88. The Balaban J connectivity index is 1.78. The summed E-state index contributed by atoms with van der Waals surface area (Å²) < 4.78 is 8.01. The molecule has 6 nitrogen and oxygen atoms in total. The van der Waals surface area contributed by atoms with Gasteiger partial charge in [0.05, 0.1) is 16.6 Å². The van der Waals surface area contributed by atoms with Gasteiger partial charge in [0.2, 0.25) is 5.82 Å². The minimum Gasteiger partial charge on any atom is -0.334 e. The average molecular weight is 399 g/mol. The van der Waals surface area contributed by atoms with Crippen LogP contribution in [0, 0.1) is 0 Å². The molecule has 0 aliphatic rings. The summed E-state index contributed by atoms with van der Waals surface area (Å²) in [4.78, 5) is 19.5. The van der Waals surface area contributed by atoms with E-state index in [4.69, 9.17) is 4.52 Å². The Labute approximate surface area is 151 Å². The first-order valence-electron chi connectivity index (χ1n) is 7.88. The fraction of sp³-hybridized carbons (Fsp3) is 0.167. The van der Waals surface area contributed by atoms with Crippen LogP contribution in [0.2, 0.25) is 0 Å². The molecule has 0 radical (unpaired) electrons. The molecule has 2 aromatic heterocycles. The quantitative estimate of drug-likeness (QED) is 0.554. The van der Waals surface area contributed by atoms with Crippen molar-refractivity contribution in [2.24, 2.45) is 0 Å². The van der Waals surface area contributed by atoms with Crippen LogP contribution < -0.4 is 5.69 Å². The lowest BCUT2D eigenvalue weighted by molar-refractivity contribution is 0.432. The van der Waals surface area contributed by atoms with Gasteiger partial charge in [0.15, 0.2) is 0 Å². The number of halogens is 1. The van der Waals surface area contributed by atoms with Gasteiger partial charge >= 0.3 is 5.69 Å². The monoisotopic (exact) mass is 398 g/mol. The second kappa shape index (κ2) is 6.00. The Kier molecular flexibility index (Phi) is 3.80. The molecule has 0 saturated heterocycles. The Morgan fingerprint density at radius 2 is 2.00 bits per heavy atom. The molecule has 2 heterocycles. The van der Waals surface area contributed by atoms with Crippen molar-refractivity contribution in [3.63, 3.8) is 0 Å². The summed E-state index contributed by atoms with van der Waals surface area (Å²) in [6.07, 6.45) is 0. The van der Waals surface area contributed by atoms with Crippen molar-refractivity contribution in [1.29, 1.82) is 0 Å². The van der Waals surface area contributed by atoms with Crippen LogP contribution in [-0.4, -0.2) is 19.7 Å². The van der Waals surface area contributed by atoms with Gasteiger partial charge in [-0.2, -0.15) is 4.98 Å². The van der Waals surface area contributed by atoms with Crippen molar-refractivity contribution in [2.75, 3.05) is 0 Å². The maximum absolute atomic E-state index is 12.1. The van der Waals surface area contributed by atoms with Gasteiger partial charge in [0.25, 0.3) is 5.89 Å². The normalized spacial score (nSPS) is 11.5. The van der Waals surface area contributed by atoms with Gasteiger partial charge in [-0.05, 0) is 60.1 Å². The van der Waals surface area contributed by atoms with Crippen LogP contribution in [0.5, 0.6) is 0 Å². The molecule has 0 aliphatic heterocycles. The van der Waals surface area contributed by atoms with Crippen LogP contribution in [-0.2, 0) is 0 Å². The van der Waals surface area contributed by atoms with Crippen LogP contribution in [0.15, 0.2) is 56.3 Å². The molecule has 4 aromatic rings. The molecule has 0 spiro atoms. The van der Waals surface area contributed by atoms with Crippen LogP contribution in [0.4, 0.5) is 0 Å². The molecule has 0 atom stereocenters. The number of aromatic nitrogens is 4. The van der Waals surface area contributed by atoms with Crippen LogP contribution >= 0.6 is 15.9 Å². The predicted molar refractivity (Wildman–Crippen MR) is 99.4 cm³/mol. The summed E-state index contributed by atoms with van der Waals surface area (Å²) in [7, 11) is 0. The summed E-state index contributed by atoms with van der Waals surface area (Å²) in [6.45, 7) is 3.96. The number of fused-ring (bicyclic) bond motifs is 1. The number of hydrogen-bond acceptors (Lipinski definition) is 4. The van der Waals surface area contributed by atoms with E-state index in [-0.39, 0.29) is 11.7 Å². The summed E-state index contributed by atoms with van der Waals surface area (Å²) >= 11 is 3.49. The number of aromatic amines is 1. The highest BCUT2D eigenvalue weighted by Gasteiger charge is 2.15. The number of hydrogen-bond donors (Lipinski definition) is 1. The maximum Gasteiger partial charge on any atom is 0.326 e. The number of benzene rings is 2. The first-order valence-corrected chi connectivity index (χ1v) is 8.67. The van der Waals surface area contributed by atoms with Gasteiger partial charge in [0.1, 0.15) is 0 Å². The predicted octanol–water partition coefficient (Wildman–Crippen LogP) is 4.39. The summed E-state index contributed by atoms with van der Waals surface area (Å²) in [5.74, 6) is 0.918. The van der Waals surface area contributed by atoms with Gasteiger partial charge in [0, 0.05) is 16.1 Å². The van der Waals surface area contributed by atoms with Gasteiger partial charge in [-0.25, -0.2) is 4.79 Å². The van der Waals surface area contributed by atoms with Gasteiger partial charge in [-0.15, -0.1) is 0 Å². The average Bonchev–Trinajstić information content (AvgIpc) is 3.18. The number of rotatable bonds is 3. The molecule has 0 aliphatic carbocycles. The Bertz CT molecular complexity index is 1120. The Hall–Kier alpha value is -2.67. The fourth-order valence-electron chi connectivity index (χ4n) is 2.87. The van der Waals surface area contributed by atoms with Crippen molar-refractivity contribution in [1.82, 2.24) is 19.7 Å². The third-order valence-corrected chi connectivity index (χ3v) is 4.71. The van der Waals surface area contributed by atoms with E-state index in [1.165, 1.54) is 0 Å². The highest BCUT2D eigenvalue weighted by atomic mass is 79.9. The molecule has 4 rings (SSSR count). The van der Waals surface area contributed by atoms with E-state index in [1.54, 1.807) is 4.57 Å². The topological polar surface area (TPSA) is 76.7 Å². The highest BCUT2D eigenvalue weighted by molar-refractivity contribution is 9.10. The molecule has 0 amide bonds. The van der Waals surface area contributed by atoms with Crippen molar-refractivity contribution < 1.29 is 4.52 Å². The molecular weight excluding hydrogens is 384 g/mol. The zero-order valence-corrected chi connectivity index (χ0v) is 15.2. The van der Waals surface area contributed by atoms with Crippen molar-refractivity contribution in [3.05, 3.63) is 57.4 Å². The standard InChI is InChI=1S/C18H15BrN4O2/c1-10(2)23-15-8-7-11(9-14(15)20-18(23)24)16-21-17(25-22-16)12-5-3-4-6-13(12)19/h3-10H,1-2H3,(H,20,24).